The average Bonchev–Trinajstić information content (AvgIpc) is 3.13. The second kappa shape index (κ2) is 9.78. The standard InChI is InChI=1S/C20H26N2O5/c1-5-16(21-20(24)18-11-10-14(27-18)12-25-4)15-8-6-7-9-17(15)26-13-19(23)22(2)3/h6-11,16H,5,12-13H2,1-4H3,(H,21,24). The Bertz CT molecular complexity index is 769. The Morgan fingerprint density at radius 3 is 2.59 bits per heavy atom. The topological polar surface area (TPSA) is 81.0 Å². The summed E-state index contributed by atoms with van der Waals surface area (Å²) in [6, 6.07) is 10.4. The first-order chi connectivity index (χ1) is 13.0. The van der Waals surface area contributed by atoms with Crippen molar-refractivity contribution in [2.45, 2.75) is 26.0 Å². The number of amides is 2. The molecule has 146 valence electrons. The lowest BCUT2D eigenvalue weighted by molar-refractivity contribution is -0.130. The molecule has 0 saturated heterocycles. The quantitative estimate of drug-likeness (QED) is 0.730. The van der Waals surface area contributed by atoms with Gasteiger partial charge in [-0.2, -0.15) is 0 Å². The normalized spacial score (nSPS) is 11.7. The van der Waals surface area contributed by atoms with Gasteiger partial charge in [0.2, 0.25) is 0 Å². The van der Waals surface area contributed by atoms with E-state index in [0.29, 0.717) is 24.5 Å². The van der Waals surface area contributed by atoms with Crippen LogP contribution in [0.15, 0.2) is 40.8 Å². The summed E-state index contributed by atoms with van der Waals surface area (Å²) in [7, 11) is 4.91. The van der Waals surface area contributed by atoms with Crippen LogP contribution >= 0.6 is 0 Å². The summed E-state index contributed by atoms with van der Waals surface area (Å²) >= 11 is 0. The number of hydrogen-bond acceptors (Lipinski definition) is 5. The molecule has 1 aromatic heterocycles. The fourth-order valence-electron chi connectivity index (χ4n) is 2.52. The van der Waals surface area contributed by atoms with Crippen molar-refractivity contribution in [2.75, 3.05) is 27.8 Å². The monoisotopic (exact) mass is 374 g/mol. The van der Waals surface area contributed by atoms with Gasteiger partial charge >= 0.3 is 0 Å². The van der Waals surface area contributed by atoms with Gasteiger partial charge in [-0.25, -0.2) is 0 Å². The highest BCUT2D eigenvalue weighted by Crippen LogP contribution is 2.27. The zero-order chi connectivity index (χ0) is 19.8. The van der Waals surface area contributed by atoms with E-state index in [4.69, 9.17) is 13.9 Å². The first kappa shape index (κ1) is 20.5. The molecule has 0 bridgehead atoms. The minimum Gasteiger partial charge on any atom is -0.483 e. The van der Waals surface area contributed by atoms with Gasteiger partial charge in [-0.15, -0.1) is 0 Å². The molecule has 1 aromatic carbocycles. The molecule has 27 heavy (non-hydrogen) atoms. The molecular formula is C20H26N2O5. The fraction of sp³-hybridized carbons (Fsp3) is 0.400. The van der Waals surface area contributed by atoms with Gasteiger partial charge in [0.05, 0.1) is 6.04 Å². The van der Waals surface area contributed by atoms with Gasteiger partial charge in [0.1, 0.15) is 18.1 Å². The van der Waals surface area contributed by atoms with E-state index < -0.39 is 0 Å². The van der Waals surface area contributed by atoms with Crippen molar-refractivity contribution in [3.05, 3.63) is 53.5 Å². The highest BCUT2D eigenvalue weighted by molar-refractivity contribution is 5.91. The molecule has 0 radical (unpaired) electrons. The van der Waals surface area contributed by atoms with Crippen molar-refractivity contribution in [3.63, 3.8) is 0 Å². The van der Waals surface area contributed by atoms with E-state index in [1.54, 1.807) is 39.4 Å². The molecule has 2 rings (SSSR count). The molecule has 0 fully saturated rings. The van der Waals surface area contributed by atoms with Crippen LogP contribution in [0.1, 0.15) is 41.3 Å². The molecule has 0 spiro atoms. The van der Waals surface area contributed by atoms with Gasteiger partial charge in [0, 0.05) is 26.8 Å². The van der Waals surface area contributed by atoms with Gasteiger partial charge in [-0.1, -0.05) is 25.1 Å². The van der Waals surface area contributed by atoms with Crippen LogP contribution < -0.4 is 10.1 Å². The van der Waals surface area contributed by atoms with Crippen LogP contribution in [0.5, 0.6) is 5.75 Å². The average molecular weight is 374 g/mol. The number of hydrogen-bond donors (Lipinski definition) is 1. The maximum Gasteiger partial charge on any atom is 0.287 e. The fourth-order valence-corrected chi connectivity index (χ4v) is 2.52. The van der Waals surface area contributed by atoms with Crippen molar-refractivity contribution in [1.29, 1.82) is 0 Å². The van der Waals surface area contributed by atoms with E-state index in [9.17, 15) is 9.59 Å². The van der Waals surface area contributed by atoms with Crippen LogP contribution in [0.2, 0.25) is 0 Å². The maximum atomic E-state index is 12.5. The summed E-state index contributed by atoms with van der Waals surface area (Å²) in [4.78, 5) is 25.8. The number of furan rings is 1. The van der Waals surface area contributed by atoms with Crippen molar-refractivity contribution >= 4 is 11.8 Å². The molecule has 2 aromatic rings. The summed E-state index contributed by atoms with van der Waals surface area (Å²) in [6.45, 7) is 2.21. The number of methoxy groups -OCH3 is 1. The minimum atomic E-state index is -0.316. The smallest absolute Gasteiger partial charge is 0.287 e. The number of para-hydroxylation sites is 1. The zero-order valence-corrected chi connectivity index (χ0v) is 16.2. The van der Waals surface area contributed by atoms with Crippen LogP contribution in [-0.4, -0.2) is 44.5 Å². The number of nitrogens with zero attached hydrogens (tertiary/aromatic N) is 1. The number of carbonyl (C=O) groups is 2. The molecule has 1 unspecified atom stereocenters. The van der Waals surface area contributed by atoms with E-state index in [1.165, 1.54) is 4.90 Å². The number of rotatable bonds is 9. The lowest BCUT2D eigenvalue weighted by atomic mass is 10.0. The second-order valence-electron chi connectivity index (χ2n) is 6.25. The van der Waals surface area contributed by atoms with Gasteiger partial charge < -0.3 is 24.1 Å². The predicted molar refractivity (Wildman–Crippen MR) is 101 cm³/mol. The molecule has 7 heteroatoms. The van der Waals surface area contributed by atoms with E-state index >= 15 is 0 Å². The summed E-state index contributed by atoms with van der Waals surface area (Å²) in [5, 5.41) is 2.96. The molecule has 0 aliphatic rings. The second-order valence-corrected chi connectivity index (χ2v) is 6.25. The Balaban J connectivity index is 2.11. The highest BCUT2D eigenvalue weighted by atomic mass is 16.5. The third-order valence-corrected chi connectivity index (χ3v) is 4.03. The van der Waals surface area contributed by atoms with Crippen LogP contribution in [0.4, 0.5) is 0 Å². The Kier molecular flexibility index (Phi) is 7.43. The lowest BCUT2D eigenvalue weighted by Crippen LogP contribution is -2.30. The largest absolute Gasteiger partial charge is 0.483 e. The SMILES string of the molecule is CCC(NC(=O)c1ccc(COC)o1)c1ccccc1OCC(=O)N(C)C. The van der Waals surface area contributed by atoms with Crippen molar-refractivity contribution in [2.24, 2.45) is 0 Å². The number of benzene rings is 1. The third kappa shape index (κ3) is 5.59. The molecule has 1 N–H and O–H groups in total. The van der Waals surface area contributed by atoms with Crippen molar-refractivity contribution in [1.82, 2.24) is 10.2 Å². The molecule has 1 heterocycles. The molecule has 0 saturated carbocycles. The van der Waals surface area contributed by atoms with Gasteiger partial charge in [0.15, 0.2) is 12.4 Å². The van der Waals surface area contributed by atoms with Gasteiger partial charge in [-0.05, 0) is 24.6 Å². The molecule has 0 aliphatic carbocycles. The number of likely N-dealkylation sites (N-methyl/N-ethyl adjacent to an activating group) is 1. The maximum absolute atomic E-state index is 12.5. The third-order valence-electron chi connectivity index (χ3n) is 4.03. The summed E-state index contributed by atoms with van der Waals surface area (Å²) < 4.78 is 16.2. The molecule has 0 aliphatic heterocycles. The Morgan fingerprint density at radius 2 is 1.93 bits per heavy atom. The Hall–Kier alpha value is -2.80. The van der Waals surface area contributed by atoms with E-state index in [2.05, 4.69) is 5.32 Å². The van der Waals surface area contributed by atoms with Crippen LogP contribution in [-0.2, 0) is 16.1 Å². The lowest BCUT2D eigenvalue weighted by Gasteiger charge is -2.20. The summed E-state index contributed by atoms with van der Waals surface area (Å²) in [5.74, 6) is 0.925. The van der Waals surface area contributed by atoms with Crippen LogP contribution in [0.3, 0.4) is 0 Å². The zero-order valence-electron chi connectivity index (χ0n) is 16.2. The number of nitrogens with one attached hydrogen (secondary N) is 1. The van der Waals surface area contributed by atoms with Crippen LogP contribution in [0, 0.1) is 0 Å². The van der Waals surface area contributed by atoms with Crippen molar-refractivity contribution in [3.8, 4) is 5.75 Å². The highest BCUT2D eigenvalue weighted by Gasteiger charge is 2.20. The van der Waals surface area contributed by atoms with E-state index in [-0.39, 0.29) is 30.2 Å². The molecular weight excluding hydrogens is 348 g/mol. The molecule has 1 atom stereocenters. The van der Waals surface area contributed by atoms with Gasteiger partial charge in [-0.3, -0.25) is 9.59 Å². The van der Waals surface area contributed by atoms with Crippen LogP contribution in [0.25, 0.3) is 0 Å². The van der Waals surface area contributed by atoms with Crippen molar-refractivity contribution < 1.29 is 23.5 Å². The first-order valence-electron chi connectivity index (χ1n) is 8.76. The minimum absolute atomic E-state index is 0.0625. The molecule has 7 nitrogen and oxygen atoms in total. The summed E-state index contributed by atoms with van der Waals surface area (Å²) in [5.41, 5.74) is 0.809. The number of ether oxygens (including phenoxy) is 2. The Labute approximate surface area is 159 Å². The van der Waals surface area contributed by atoms with E-state index in [0.717, 1.165) is 5.56 Å². The predicted octanol–water partition coefficient (Wildman–Crippen LogP) is 2.77. The number of carbonyl (C=O) groups excluding carboxylic acids is 2. The van der Waals surface area contributed by atoms with E-state index in [1.807, 2.05) is 25.1 Å². The van der Waals surface area contributed by atoms with Gasteiger partial charge in [0.25, 0.3) is 11.8 Å². The Morgan fingerprint density at radius 1 is 1.19 bits per heavy atom. The first-order valence-corrected chi connectivity index (χ1v) is 8.76. The molecule has 2 amide bonds. The summed E-state index contributed by atoms with van der Waals surface area (Å²) in [6.07, 6.45) is 0.652.